The van der Waals surface area contributed by atoms with Crippen LogP contribution < -0.4 is 9.47 Å². The lowest BCUT2D eigenvalue weighted by atomic mass is 10.00. The summed E-state index contributed by atoms with van der Waals surface area (Å²) in [4.78, 5) is 2.49. The van der Waals surface area contributed by atoms with Crippen LogP contribution in [-0.2, 0) is 13.0 Å². The summed E-state index contributed by atoms with van der Waals surface area (Å²) in [6.07, 6.45) is 2.13. The van der Waals surface area contributed by atoms with Crippen LogP contribution in [0.1, 0.15) is 17.5 Å². The first-order valence-corrected chi connectivity index (χ1v) is 8.39. The normalized spacial score (nSPS) is 14.3. The lowest BCUT2D eigenvalue weighted by Gasteiger charge is -2.28. The van der Waals surface area contributed by atoms with Crippen LogP contribution in [0.2, 0.25) is 5.02 Å². The summed E-state index contributed by atoms with van der Waals surface area (Å²) >= 11 is 5.96. The molecule has 122 valence electrons. The molecule has 2 aromatic rings. The summed E-state index contributed by atoms with van der Waals surface area (Å²) in [7, 11) is 1.63. The van der Waals surface area contributed by atoms with E-state index in [0.29, 0.717) is 17.4 Å². The number of hydrogen-bond donors (Lipinski definition) is 0. The second kappa shape index (κ2) is 7.71. The summed E-state index contributed by atoms with van der Waals surface area (Å²) in [6.45, 7) is 3.89. The first kappa shape index (κ1) is 16.2. The molecule has 0 bridgehead atoms. The molecule has 0 aliphatic carbocycles. The molecular weight excluding hydrogens is 310 g/mol. The molecule has 0 unspecified atom stereocenters. The molecular formula is C19H22ClNO2. The van der Waals surface area contributed by atoms with Crippen molar-refractivity contribution in [1.82, 2.24) is 4.90 Å². The molecule has 0 radical (unpaired) electrons. The molecule has 0 atom stereocenters. The van der Waals surface area contributed by atoms with E-state index in [-0.39, 0.29) is 0 Å². The molecule has 23 heavy (non-hydrogen) atoms. The Morgan fingerprint density at radius 2 is 1.91 bits per heavy atom. The summed E-state index contributed by atoms with van der Waals surface area (Å²) in [5.41, 5.74) is 2.95. The Morgan fingerprint density at radius 3 is 2.74 bits per heavy atom. The van der Waals surface area contributed by atoms with Gasteiger partial charge in [0, 0.05) is 30.7 Å². The quantitative estimate of drug-likeness (QED) is 0.741. The second-order valence-corrected chi connectivity index (χ2v) is 6.23. The van der Waals surface area contributed by atoms with Crippen molar-refractivity contribution in [2.75, 3.05) is 26.8 Å². The van der Waals surface area contributed by atoms with E-state index in [0.717, 1.165) is 38.2 Å². The minimum absolute atomic E-state index is 0.654. The van der Waals surface area contributed by atoms with Crippen molar-refractivity contribution in [3.8, 4) is 11.5 Å². The van der Waals surface area contributed by atoms with Gasteiger partial charge in [-0.2, -0.15) is 0 Å². The fourth-order valence-electron chi connectivity index (χ4n) is 2.98. The number of rotatable bonds is 6. The van der Waals surface area contributed by atoms with Gasteiger partial charge in [-0.3, -0.25) is 4.90 Å². The van der Waals surface area contributed by atoms with Gasteiger partial charge in [0.15, 0.2) is 11.5 Å². The van der Waals surface area contributed by atoms with Gasteiger partial charge < -0.3 is 9.47 Å². The minimum Gasteiger partial charge on any atom is -0.493 e. The van der Waals surface area contributed by atoms with Gasteiger partial charge in [0.05, 0.1) is 13.7 Å². The number of ether oxygens (including phenoxy) is 2. The first-order valence-electron chi connectivity index (χ1n) is 8.02. The number of benzene rings is 2. The molecule has 0 aromatic heterocycles. The fraction of sp³-hybridized carbons (Fsp3) is 0.368. The van der Waals surface area contributed by atoms with Crippen molar-refractivity contribution in [3.63, 3.8) is 0 Å². The van der Waals surface area contributed by atoms with E-state index < -0.39 is 0 Å². The molecule has 0 spiro atoms. The Morgan fingerprint density at radius 1 is 1.09 bits per heavy atom. The largest absolute Gasteiger partial charge is 0.493 e. The molecule has 0 saturated carbocycles. The highest BCUT2D eigenvalue weighted by molar-refractivity contribution is 6.30. The van der Waals surface area contributed by atoms with Crippen LogP contribution >= 0.6 is 11.6 Å². The van der Waals surface area contributed by atoms with Gasteiger partial charge in [0.2, 0.25) is 0 Å². The van der Waals surface area contributed by atoms with E-state index in [2.05, 4.69) is 29.2 Å². The Balaban J connectivity index is 1.46. The Kier molecular flexibility index (Phi) is 5.42. The first-order chi connectivity index (χ1) is 11.3. The van der Waals surface area contributed by atoms with Gasteiger partial charge in [0.25, 0.3) is 0 Å². The fourth-order valence-corrected chi connectivity index (χ4v) is 3.14. The molecule has 0 amide bonds. The third kappa shape index (κ3) is 4.18. The molecule has 3 nitrogen and oxygen atoms in total. The van der Waals surface area contributed by atoms with Crippen molar-refractivity contribution in [1.29, 1.82) is 0 Å². The molecule has 2 aromatic carbocycles. The molecule has 0 saturated heterocycles. The highest BCUT2D eigenvalue weighted by Crippen LogP contribution is 2.30. The van der Waals surface area contributed by atoms with E-state index in [9.17, 15) is 0 Å². The maximum Gasteiger partial charge on any atom is 0.162 e. The van der Waals surface area contributed by atoms with Crippen LogP contribution in [-0.4, -0.2) is 31.7 Å². The Hall–Kier alpha value is -1.71. The summed E-state index contributed by atoms with van der Waals surface area (Å²) in [6, 6.07) is 14.2. The molecule has 0 N–H and O–H groups in total. The van der Waals surface area contributed by atoms with E-state index in [1.165, 1.54) is 11.1 Å². The lowest BCUT2D eigenvalue weighted by molar-refractivity contribution is 0.217. The van der Waals surface area contributed by atoms with E-state index in [1.54, 1.807) is 13.2 Å². The van der Waals surface area contributed by atoms with E-state index in [1.807, 2.05) is 12.1 Å². The van der Waals surface area contributed by atoms with E-state index in [4.69, 9.17) is 21.1 Å². The number of fused-ring (bicyclic) bond motifs is 1. The average molecular weight is 332 g/mol. The smallest absolute Gasteiger partial charge is 0.162 e. The second-order valence-electron chi connectivity index (χ2n) is 5.79. The third-order valence-electron chi connectivity index (χ3n) is 4.21. The standard InChI is InChI=1S/C19H22ClNO2/c1-22-19-13-17(20)7-8-18(19)23-12-4-10-21-11-9-15-5-2-3-6-16(15)14-21/h2-3,5-8,13H,4,9-12,14H2,1H3. The maximum atomic E-state index is 5.96. The molecule has 1 aliphatic rings. The summed E-state index contributed by atoms with van der Waals surface area (Å²) in [5.74, 6) is 1.44. The maximum absolute atomic E-state index is 5.96. The molecule has 1 aliphatic heterocycles. The van der Waals surface area contributed by atoms with Crippen LogP contribution in [0.15, 0.2) is 42.5 Å². The summed E-state index contributed by atoms with van der Waals surface area (Å²) in [5, 5.41) is 0.654. The van der Waals surface area contributed by atoms with Crippen molar-refractivity contribution in [3.05, 3.63) is 58.6 Å². The van der Waals surface area contributed by atoms with Crippen LogP contribution in [0.4, 0.5) is 0 Å². The van der Waals surface area contributed by atoms with Gasteiger partial charge in [-0.15, -0.1) is 0 Å². The topological polar surface area (TPSA) is 21.7 Å². The number of hydrogen-bond acceptors (Lipinski definition) is 3. The molecule has 4 heteroatoms. The van der Waals surface area contributed by atoms with Crippen molar-refractivity contribution >= 4 is 11.6 Å². The molecule has 0 fully saturated rings. The predicted molar refractivity (Wildman–Crippen MR) is 93.5 cm³/mol. The minimum atomic E-state index is 0.654. The number of halogens is 1. The zero-order valence-electron chi connectivity index (χ0n) is 13.4. The molecule has 3 rings (SSSR count). The van der Waals surface area contributed by atoms with Crippen molar-refractivity contribution in [2.24, 2.45) is 0 Å². The van der Waals surface area contributed by atoms with Gasteiger partial charge >= 0.3 is 0 Å². The number of methoxy groups -OCH3 is 1. The van der Waals surface area contributed by atoms with Gasteiger partial charge in [-0.25, -0.2) is 0 Å². The van der Waals surface area contributed by atoms with Crippen molar-refractivity contribution < 1.29 is 9.47 Å². The average Bonchev–Trinajstić information content (AvgIpc) is 2.59. The molecule has 1 heterocycles. The van der Waals surface area contributed by atoms with E-state index >= 15 is 0 Å². The monoisotopic (exact) mass is 331 g/mol. The van der Waals surface area contributed by atoms with Crippen LogP contribution in [0.25, 0.3) is 0 Å². The van der Waals surface area contributed by atoms with Gasteiger partial charge in [0.1, 0.15) is 0 Å². The van der Waals surface area contributed by atoms with Crippen molar-refractivity contribution in [2.45, 2.75) is 19.4 Å². The van der Waals surface area contributed by atoms with Crippen LogP contribution in [0.5, 0.6) is 11.5 Å². The zero-order chi connectivity index (χ0) is 16.1. The van der Waals surface area contributed by atoms with Crippen LogP contribution in [0.3, 0.4) is 0 Å². The van der Waals surface area contributed by atoms with Crippen LogP contribution in [0, 0.1) is 0 Å². The summed E-state index contributed by atoms with van der Waals surface area (Å²) < 4.78 is 11.1. The van der Waals surface area contributed by atoms with Gasteiger partial charge in [-0.1, -0.05) is 35.9 Å². The Labute approximate surface area is 142 Å². The SMILES string of the molecule is COc1cc(Cl)ccc1OCCCN1CCc2ccccc2C1. The highest BCUT2D eigenvalue weighted by atomic mass is 35.5. The lowest BCUT2D eigenvalue weighted by Crippen LogP contribution is -2.31. The third-order valence-corrected chi connectivity index (χ3v) is 4.45. The van der Waals surface area contributed by atoms with Gasteiger partial charge in [-0.05, 0) is 36.1 Å². The zero-order valence-corrected chi connectivity index (χ0v) is 14.2. The highest BCUT2D eigenvalue weighted by Gasteiger charge is 2.15. The predicted octanol–water partition coefficient (Wildman–Crippen LogP) is 4.18. The Bertz CT molecular complexity index is 660. The number of nitrogens with zero attached hydrogens (tertiary/aromatic N) is 1.